The zero-order valence-electron chi connectivity index (χ0n) is 16.6. The first kappa shape index (κ1) is 20.8. The van der Waals surface area contributed by atoms with E-state index in [0.717, 1.165) is 21.6 Å². The van der Waals surface area contributed by atoms with E-state index in [2.05, 4.69) is 30.8 Å². The highest BCUT2D eigenvalue weighted by molar-refractivity contribution is 9.10. The van der Waals surface area contributed by atoms with Crippen molar-refractivity contribution < 1.29 is 9.59 Å². The lowest BCUT2D eigenvalue weighted by molar-refractivity contribution is -0.116. The van der Waals surface area contributed by atoms with Gasteiger partial charge in [0.25, 0.3) is 5.91 Å². The van der Waals surface area contributed by atoms with Crippen LogP contribution >= 0.6 is 15.9 Å². The Bertz CT molecular complexity index is 1030. The number of para-hydroxylation sites is 1. The number of anilines is 1. The standard InChI is InChI=1S/C22H23BrN4O2/c1-15-12-18(16(2)27(15)13-17-8-6-7-11-24-17)22(29)26(3)14-21(28)25-20-10-5-4-9-19(20)23/h4-12H,13-14H2,1-3H3,(H,25,28). The zero-order chi connectivity index (χ0) is 21.0. The highest BCUT2D eigenvalue weighted by Crippen LogP contribution is 2.21. The third kappa shape index (κ3) is 4.92. The van der Waals surface area contributed by atoms with E-state index in [4.69, 9.17) is 0 Å². The van der Waals surface area contributed by atoms with E-state index in [9.17, 15) is 9.59 Å². The minimum absolute atomic E-state index is 0.0376. The predicted molar refractivity (Wildman–Crippen MR) is 117 cm³/mol. The maximum atomic E-state index is 12.9. The van der Waals surface area contributed by atoms with Crippen LogP contribution in [0.25, 0.3) is 0 Å². The Balaban J connectivity index is 1.70. The van der Waals surface area contributed by atoms with Gasteiger partial charge < -0.3 is 14.8 Å². The Morgan fingerprint density at radius 3 is 2.55 bits per heavy atom. The fourth-order valence-corrected chi connectivity index (χ4v) is 3.54. The van der Waals surface area contributed by atoms with Crippen molar-refractivity contribution in [1.29, 1.82) is 0 Å². The lowest BCUT2D eigenvalue weighted by Gasteiger charge is -2.17. The van der Waals surface area contributed by atoms with Gasteiger partial charge in [0, 0.05) is 29.1 Å². The molecule has 0 unspecified atom stereocenters. The number of carbonyl (C=O) groups is 2. The molecule has 29 heavy (non-hydrogen) atoms. The number of aromatic nitrogens is 2. The fourth-order valence-electron chi connectivity index (χ4n) is 3.16. The summed E-state index contributed by atoms with van der Waals surface area (Å²) >= 11 is 3.40. The fraction of sp³-hybridized carbons (Fsp3) is 0.227. The molecule has 0 bridgehead atoms. The third-order valence-corrected chi connectivity index (χ3v) is 5.42. The zero-order valence-corrected chi connectivity index (χ0v) is 18.2. The number of nitrogens with zero attached hydrogens (tertiary/aromatic N) is 3. The molecule has 0 saturated carbocycles. The van der Waals surface area contributed by atoms with Gasteiger partial charge in [-0.25, -0.2) is 0 Å². The Labute approximate surface area is 178 Å². The number of nitrogens with one attached hydrogen (secondary N) is 1. The molecule has 7 heteroatoms. The summed E-state index contributed by atoms with van der Waals surface area (Å²) in [6, 6.07) is 15.0. The molecule has 1 aromatic carbocycles. The molecule has 0 atom stereocenters. The van der Waals surface area contributed by atoms with Gasteiger partial charge in [0.2, 0.25) is 5.91 Å². The Kier molecular flexibility index (Phi) is 6.49. The van der Waals surface area contributed by atoms with Gasteiger partial charge in [-0.2, -0.15) is 0 Å². The average molecular weight is 455 g/mol. The van der Waals surface area contributed by atoms with Crippen LogP contribution in [0, 0.1) is 13.8 Å². The summed E-state index contributed by atoms with van der Waals surface area (Å²) in [6.45, 7) is 4.44. The number of rotatable bonds is 6. The van der Waals surface area contributed by atoms with Crippen molar-refractivity contribution in [3.05, 3.63) is 81.8 Å². The average Bonchev–Trinajstić information content (AvgIpc) is 2.98. The molecule has 3 rings (SSSR count). The molecule has 0 spiro atoms. The van der Waals surface area contributed by atoms with Crippen LogP contribution < -0.4 is 5.32 Å². The van der Waals surface area contributed by atoms with Crippen molar-refractivity contribution in [3.8, 4) is 0 Å². The summed E-state index contributed by atoms with van der Waals surface area (Å²) in [7, 11) is 1.63. The normalized spacial score (nSPS) is 10.6. The summed E-state index contributed by atoms with van der Waals surface area (Å²) in [5.41, 5.74) is 4.02. The van der Waals surface area contributed by atoms with Gasteiger partial charge in [0.15, 0.2) is 0 Å². The molecule has 0 saturated heterocycles. The van der Waals surface area contributed by atoms with E-state index in [1.165, 1.54) is 4.90 Å². The number of halogens is 1. The van der Waals surface area contributed by atoms with Gasteiger partial charge in [-0.1, -0.05) is 18.2 Å². The highest BCUT2D eigenvalue weighted by atomic mass is 79.9. The van der Waals surface area contributed by atoms with Crippen LogP contribution in [0.5, 0.6) is 0 Å². The number of pyridine rings is 1. The van der Waals surface area contributed by atoms with Crippen LogP contribution in [0.2, 0.25) is 0 Å². The van der Waals surface area contributed by atoms with Crippen LogP contribution in [0.3, 0.4) is 0 Å². The van der Waals surface area contributed by atoms with Gasteiger partial charge in [0.1, 0.15) is 0 Å². The Morgan fingerprint density at radius 2 is 1.86 bits per heavy atom. The molecular weight excluding hydrogens is 432 g/mol. The van der Waals surface area contributed by atoms with Crippen molar-refractivity contribution in [2.75, 3.05) is 18.9 Å². The van der Waals surface area contributed by atoms with Gasteiger partial charge in [-0.15, -0.1) is 0 Å². The molecule has 0 aliphatic carbocycles. The largest absolute Gasteiger partial charge is 0.342 e. The van der Waals surface area contributed by atoms with Crippen molar-refractivity contribution in [2.24, 2.45) is 0 Å². The molecule has 0 radical (unpaired) electrons. The second kappa shape index (κ2) is 9.05. The molecule has 2 aromatic heterocycles. The Hall–Kier alpha value is -2.93. The number of hydrogen-bond acceptors (Lipinski definition) is 3. The molecule has 6 nitrogen and oxygen atoms in total. The van der Waals surface area contributed by atoms with Crippen LogP contribution in [-0.4, -0.2) is 39.9 Å². The molecule has 0 aliphatic rings. The molecule has 2 heterocycles. The molecule has 0 aliphatic heterocycles. The van der Waals surface area contributed by atoms with Gasteiger partial charge in [-0.05, 0) is 60.1 Å². The van der Waals surface area contributed by atoms with E-state index in [-0.39, 0.29) is 18.4 Å². The molecule has 3 aromatic rings. The van der Waals surface area contributed by atoms with Gasteiger partial charge in [-0.3, -0.25) is 14.6 Å². The second-order valence-electron chi connectivity index (χ2n) is 6.88. The Morgan fingerprint density at radius 1 is 1.14 bits per heavy atom. The van der Waals surface area contributed by atoms with Gasteiger partial charge in [0.05, 0.1) is 30.0 Å². The van der Waals surface area contributed by atoms with E-state index >= 15 is 0 Å². The van der Waals surface area contributed by atoms with E-state index in [1.807, 2.05) is 56.3 Å². The van der Waals surface area contributed by atoms with Crippen molar-refractivity contribution in [2.45, 2.75) is 20.4 Å². The van der Waals surface area contributed by atoms with Crippen molar-refractivity contribution in [1.82, 2.24) is 14.5 Å². The molecular formula is C22H23BrN4O2. The maximum absolute atomic E-state index is 12.9. The molecule has 2 amide bonds. The minimum Gasteiger partial charge on any atom is -0.342 e. The maximum Gasteiger partial charge on any atom is 0.255 e. The van der Waals surface area contributed by atoms with Crippen LogP contribution in [0.1, 0.15) is 27.4 Å². The van der Waals surface area contributed by atoms with Crippen molar-refractivity contribution >= 4 is 33.4 Å². The second-order valence-corrected chi connectivity index (χ2v) is 7.74. The van der Waals surface area contributed by atoms with E-state index in [1.54, 1.807) is 19.3 Å². The quantitative estimate of drug-likeness (QED) is 0.611. The monoisotopic (exact) mass is 454 g/mol. The SMILES string of the molecule is Cc1cc(C(=O)N(C)CC(=O)Nc2ccccc2Br)c(C)n1Cc1ccccn1. The van der Waals surface area contributed by atoms with E-state index in [0.29, 0.717) is 17.8 Å². The topological polar surface area (TPSA) is 67.2 Å². The molecule has 150 valence electrons. The minimum atomic E-state index is -0.255. The number of likely N-dealkylation sites (N-methyl/N-ethyl adjacent to an activating group) is 1. The highest BCUT2D eigenvalue weighted by Gasteiger charge is 2.21. The summed E-state index contributed by atoms with van der Waals surface area (Å²) in [5, 5.41) is 2.82. The first-order valence-electron chi connectivity index (χ1n) is 9.23. The van der Waals surface area contributed by atoms with Gasteiger partial charge >= 0.3 is 0 Å². The number of hydrogen-bond donors (Lipinski definition) is 1. The molecule has 0 fully saturated rings. The lowest BCUT2D eigenvalue weighted by atomic mass is 10.2. The van der Waals surface area contributed by atoms with Crippen molar-refractivity contribution in [3.63, 3.8) is 0 Å². The summed E-state index contributed by atoms with van der Waals surface area (Å²) < 4.78 is 2.85. The summed E-state index contributed by atoms with van der Waals surface area (Å²) in [4.78, 5) is 31.1. The predicted octanol–water partition coefficient (Wildman–Crippen LogP) is 4.02. The first-order valence-corrected chi connectivity index (χ1v) is 10.0. The van der Waals surface area contributed by atoms with Crippen LogP contribution in [-0.2, 0) is 11.3 Å². The summed E-state index contributed by atoms with van der Waals surface area (Å²) in [6.07, 6.45) is 1.76. The number of benzene rings is 1. The van der Waals surface area contributed by atoms with E-state index < -0.39 is 0 Å². The molecule has 1 N–H and O–H groups in total. The number of carbonyl (C=O) groups excluding carboxylic acids is 2. The third-order valence-electron chi connectivity index (χ3n) is 4.73. The lowest BCUT2D eigenvalue weighted by Crippen LogP contribution is -2.35. The van der Waals surface area contributed by atoms with Crippen LogP contribution in [0.15, 0.2) is 59.2 Å². The smallest absolute Gasteiger partial charge is 0.255 e. The first-order chi connectivity index (χ1) is 13.9. The number of amides is 2. The number of aryl methyl sites for hydroxylation is 1. The van der Waals surface area contributed by atoms with Crippen LogP contribution in [0.4, 0.5) is 5.69 Å². The summed E-state index contributed by atoms with van der Waals surface area (Å²) in [5.74, 6) is -0.442.